The van der Waals surface area contributed by atoms with E-state index in [0.717, 1.165) is 12.8 Å². The maximum absolute atomic E-state index is 11.9. The summed E-state index contributed by atoms with van der Waals surface area (Å²) in [6, 6.07) is -0.138. The monoisotopic (exact) mass is 257 g/mol. The summed E-state index contributed by atoms with van der Waals surface area (Å²) in [5.74, 6) is -0.415. The molecule has 0 aromatic carbocycles. The third-order valence-electron chi connectivity index (χ3n) is 2.95. The molecule has 0 rings (SSSR count). The van der Waals surface area contributed by atoms with Gasteiger partial charge in [-0.1, -0.05) is 13.8 Å². The molecular weight excluding hydrogens is 230 g/mol. The molecule has 18 heavy (non-hydrogen) atoms. The number of nitrogens with one attached hydrogen (secondary N) is 2. The van der Waals surface area contributed by atoms with Gasteiger partial charge in [0.05, 0.1) is 6.04 Å². The second kappa shape index (κ2) is 7.36. The SMILES string of the molecule is CCC(CC)NC(=O)C(C)NC(C)(C)CC(N)=O. The van der Waals surface area contributed by atoms with Crippen LogP contribution in [-0.2, 0) is 9.59 Å². The lowest BCUT2D eigenvalue weighted by Gasteiger charge is -2.29. The number of amides is 2. The summed E-state index contributed by atoms with van der Waals surface area (Å²) < 4.78 is 0. The van der Waals surface area contributed by atoms with Crippen LogP contribution >= 0.6 is 0 Å². The summed E-state index contributed by atoms with van der Waals surface area (Å²) in [5, 5.41) is 6.10. The van der Waals surface area contributed by atoms with Gasteiger partial charge in [-0.15, -0.1) is 0 Å². The Morgan fingerprint density at radius 3 is 2.11 bits per heavy atom. The number of nitrogens with two attached hydrogens (primary N) is 1. The van der Waals surface area contributed by atoms with Crippen LogP contribution in [0, 0.1) is 0 Å². The summed E-state index contributed by atoms with van der Waals surface area (Å²) in [6.45, 7) is 9.60. The van der Waals surface area contributed by atoms with E-state index >= 15 is 0 Å². The van der Waals surface area contributed by atoms with Gasteiger partial charge in [0.1, 0.15) is 0 Å². The Balaban J connectivity index is 4.34. The van der Waals surface area contributed by atoms with Crippen LogP contribution in [0.25, 0.3) is 0 Å². The third kappa shape index (κ3) is 6.59. The van der Waals surface area contributed by atoms with E-state index in [1.54, 1.807) is 6.92 Å². The zero-order valence-corrected chi connectivity index (χ0v) is 12.2. The minimum atomic E-state index is -0.476. The van der Waals surface area contributed by atoms with E-state index in [1.165, 1.54) is 0 Å². The lowest BCUT2D eigenvalue weighted by atomic mass is 9.99. The Kier molecular flexibility index (Phi) is 6.91. The first-order chi connectivity index (χ1) is 8.21. The lowest BCUT2D eigenvalue weighted by molar-refractivity contribution is -0.125. The van der Waals surface area contributed by atoms with Gasteiger partial charge in [0.25, 0.3) is 0 Å². The zero-order chi connectivity index (χ0) is 14.3. The molecule has 0 aliphatic carbocycles. The second-order valence-corrected chi connectivity index (χ2v) is 5.42. The van der Waals surface area contributed by atoms with Crippen molar-refractivity contribution in [1.82, 2.24) is 10.6 Å². The molecule has 4 N–H and O–H groups in total. The highest BCUT2D eigenvalue weighted by molar-refractivity contribution is 5.82. The van der Waals surface area contributed by atoms with Gasteiger partial charge in [0, 0.05) is 18.0 Å². The highest BCUT2D eigenvalue weighted by Crippen LogP contribution is 2.09. The summed E-state index contributed by atoms with van der Waals surface area (Å²) >= 11 is 0. The summed E-state index contributed by atoms with van der Waals surface area (Å²) in [7, 11) is 0. The molecule has 0 aliphatic rings. The minimum Gasteiger partial charge on any atom is -0.370 e. The molecular formula is C13H27N3O2. The van der Waals surface area contributed by atoms with Crippen molar-refractivity contribution in [2.75, 3.05) is 0 Å². The third-order valence-corrected chi connectivity index (χ3v) is 2.95. The molecule has 0 heterocycles. The molecule has 0 radical (unpaired) electrons. The molecule has 5 nitrogen and oxygen atoms in total. The Labute approximate surface area is 110 Å². The van der Waals surface area contributed by atoms with Crippen LogP contribution < -0.4 is 16.4 Å². The Morgan fingerprint density at radius 2 is 1.72 bits per heavy atom. The fraction of sp³-hybridized carbons (Fsp3) is 0.846. The van der Waals surface area contributed by atoms with Crippen molar-refractivity contribution in [1.29, 1.82) is 0 Å². The van der Waals surface area contributed by atoms with Crippen molar-refractivity contribution in [3.63, 3.8) is 0 Å². The number of primary amides is 1. The molecule has 106 valence electrons. The zero-order valence-electron chi connectivity index (χ0n) is 12.2. The van der Waals surface area contributed by atoms with Crippen LogP contribution in [0.3, 0.4) is 0 Å². The van der Waals surface area contributed by atoms with E-state index in [9.17, 15) is 9.59 Å². The molecule has 1 unspecified atom stereocenters. The molecule has 0 aromatic rings. The van der Waals surface area contributed by atoms with E-state index in [4.69, 9.17) is 5.73 Å². The quantitative estimate of drug-likeness (QED) is 0.604. The fourth-order valence-electron chi connectivity index (χ4n) is 1.96. The van der Waals surface area contributed by atoms with E-state index in [-0.39, 0.29) is 30.3 Å². The first kappa shape index (κ1) is 16.9. The van der Waals surface area contributed by atoms with Crippen LogP contribution in [0.2, 0.25) is 0 Å². The van der Waals surface area contributed by atoms with Crippen molar-refractivity contribution in [3.05, 3.63) is 0 Å². The predicted octanol–water partition coefficient (Wildman–Crippen LogP) is 0.923. The van der Waals surface area contributed by atoms with Crippen molar-refractivity contribution in [3.8, 4) is 0 Å². The summed E-state index contributed by atoms with van der Waals surface area (Å²) in [5.41, 5.74) is 4.70. The molecule has 0 saturated carbocycles. The van der Waals surface area contributed by atoms with Crippen LogP contribution in [-0.4, -0.2) is 29.4 Å². The van der Waals surface area contributed by atoms with Crippen molar-refractivity contribution in [2.45, 2.75) is 71.5 Å². The molecule has 1 atom stereocenters. The smallest absolute Gasteiger partial charge is 0.237 e. The van der Waals surface area contributed by atoms with E-state index < -0.39 is 5.54 Å². The van der Waals surface area contributed by atoms with Gasteiger partial charge in [-0.05, 0) is 33.6 Å². The summed E-state index contributed by atoms with van der Waals surface area (Å²) in [6.07, 6.45) is 2.04. The molecule has 0 saturated heterocycles. The maximum Gasteiger partial charge on any atom is 0.237 e. The first-order valence-electron chi connectivity index (χ1n) is 6.58. The predicted molar refractivity (Wildman–Crippen MR) is 73.0 cm³/mol. The van der Waals surface area contributed by atoms with Crippen LogP contribution in [0.4, 0.5) is 0 Å². The number of hydrogen-bond acceptors (Lipinski definition) is 3. The number of hydrogen-bond donors (Lipinski definition) is 3. The first-order valence-corrected chi connectivity index (χ1v) is 6.58. The van der Waals surface area contributed by atoms with Crippen LogP contribution in [0.15, 0.2) is 0 Å². The van der Waals surface area contributed by atoms with Gasteiger partial charge >= 0.3 is 0 Å². The van der Waals surface area contributed by atoms with E-state index in [1.807, 2.05) is 27.7 Å². The molecule has 0 spiro atoms. The van der Waals surface area contributed by atoms with Crippen LogP contribution in [0.1, 0.15) is 53.9 Å². The number of carbonyl (C=O) groups is 2. The molecule has 2 amide bonds. The number of carbonyl (C=O) groups excluding carboxylic acids is 2. The molecule has 0 bridgehead atoms. The summed E-state index contributed by atoms with van der Waals surface area (Å²) in [4.78, 5) is 22.9. The van der Waals surface area contributed by atoms with E-state index in [2.05, 4.69) is 10.6 Å². The van der Waals surface area contributed by atoms with Crippen molar-refractivity contribution in [2.24, 2.45) is 5.73 Å². The highest BCUT2D eigenvalue weighted by atomic mass is 16.2. The Hall–Kier alpha value is -1.10. The Bertz CT molecular complexity index is 286. The van der Waals surface area contributed by atoms with Gasteiger partial charge in [-0.3, -0.25) is 9.59 Å². The fourth-order valence-corrected chi connectivity index (χ4v) is 1.96. The number of rotatable bonds is 8. The van der Waals surface area contributed by atoms with Crippen molar-refractivity contribution >= 4 is 11.8 Å². The van der Waals surface area contributed by atoms with E-state index in [0.29, 0.717) is 0 Å². The van der Waals surface area contributed by atoms with Gasteiger partial charge in [0.15, 0.2) is 0 Å². The maximum atomic E-state index is 11.9. The Morgan fingerprint density at radius 1 is 1.22 bits per heavy atom. The van der Waals surface area contributed by atoms with Crippen LogP contribution in [0.5, 0.6) is 0 Å². The van der Waals surface area contributed by atoms with Gasteiger partial charge in [-0.25, -0.2) is 0 Å². The normalized spacial score (nSPS) is 13.4. The largest absolute Gasteiger partial charge is 0.370 e. The minimum absolute atomic E-state index is 0.0405. The molecule has 5 heteroatoms. The molecule has 0 fully saturated rings. The van der Waals surface area contributed by atoms with Gasteiger partial charge in [0.2, 0.25) is 11.8 Å². The average molecular weight is 257 g/mol. The van der Waals surface area contributed by atoms with Gasteiger partial charge in [-0.2, -0.15) is 0 Å². The second-order valence-electron chi connectivity index (χ2n) is 5.42. The standard InChI is InChI=1S/C13H27N3O2/c1-6-10(7-2)15-12(18)9(3)16-13(4,5)8-11(14)17/h9-10,16H,6-8H2,1-5H3,(H2,14,17)(H,15,18). The van der Waals surface area contributed by atoms with Crippen molar-refractivity contribution < 1.29 is 9.59 Å². The average Bonchev–Trinajstić information content (AvgIpc) is 2.22. The molecule has 0 aromatic heterocycles. The van der Waals surface area contributed by atoms with Gasteiger partial charge < -0.3 is 16.4 Å². The highest BCUT2D eigenvalue weighted by Gasteiger charge is 2.26. The molecule has 0 aliphatic heterocycles. The lowest BCUT2D eigenvalue weighted by Crippen LogP contribution is -2.54. The topological polar surface area (TPSA) is 84.2 Å².